The van der Waals surface area contributed by atoms with Crippen LogP contribution in [0.2, 0.25) is 0 Å². The van der Waals surface area contributed by atoms with Crippen molar-refractivity contribution in [2.75, 3.05) is 0 Å². The highest BCUT2D eigenvalue weighted by Crippen LogP contribution is 2.21. The van der Waals surface area contributed by atoms with E-state index in [0.29, 0.717) is 10.9 Å². The lowest BCUT2D eigenvalue weighted by Gasteiger charge is -2.05. The van der Waals surface area contributed by atoms with Crippen LogP contribution >= 0.6 is 0 Å². The molecular weight excluding hydrogens is 192 g/mol. The zero-order chi connectivity index (χ0) is 10.4. The summed E-state index contributed by atoms with van der Waals surface area (Å²) in [6, 6.07) is 4.93. The Morgan fingerprint density at radius 2 is 2.27 bits per heavy atom. The molecule has 0 unspecified atom stereocenters. The average Bonchev–Trinajstić information content (AvgIpc) is 2.68. The van der Waals surface area contributed by atoms with Crippen LogP contribution in [0, 0.1) is 0 Å². The minimum absolute atomic E-state index is 0.0385. The largest absolute Gasteiger partial charge is 0.506 e. The van der Waals surface area contributed by atoms with E-state index in [1.165, 1.54) is 0 Å². The van der Waals surface area contributed by atoms with Crippen LogP contribution in [0.3, 0.4) is 0 Å². The van der Waals surface area contributed by atoms with Gasteiger partial charge in [0.1, 0.15) is 17.1 Å². The Morgan fingerprint density at radius 1 is 1.40 bits per heavy atom. The normalized spacial score (nSPS) is 14.4. The zero-order valence-electron chi connectivity index (χ0n) is 8.10. The number of phenolic OH excluding ortho intramolecular Hbond substituents is 1. The van der Waals surface area contributed by atoms with Gasteiger partial charge in [0.2, 0.25) is 0 Å². The van der Waals surface area contributed by atoms with Gasteiger partial charge in [-0.1, -0.05) is 6.07 Å². The molecule has 3 rings (SSSR count). The molecular formula is C11H10N2O2. The summed E-state index contributed by atoms with van der Waals surface area (Å²) in [5, 5.41) is 10.1. The molecule has 1 aliphatic rings. The van der Waals surface area contributed by atoms with Crippen molar-refractivity contribution in [3.63, 3.8) is 0 Å². The smallest absolute Gasteiger partial charge is 0.261 e. The Balaban J connectivity index is 2.52. The lowest BCUT2D eigenvalue weighted by Crippen LogP contribution is -2.20. The summed E-state index contributed by atoms with van der Waals surface area (Å²) < 4.78 is 1.70. The predicted octanol–water partition coefficient (Wildman–Crippen LogP) is 1.05. The van der Waals surface area contributed by atoms with Crippen LogP contribution in [0.5, 0.6) is 5.75 Å². The summed E-state index contributed by atoms with van der Waals surface area (Å²) in [5.41, 5.74) is 0.388. The molecule has 4 nitrogen and oxygen atoms in total. The van der Waals surface area contributed by atoms with E-state index < -0.39 is 0 Å². The number of para-hydroxylation sites is 1. The number of phenols is 1. The van der Waals surface area contributed by atoms with Gasteiger partial charge >= 0.3 is 0 Å². The molecule has 0 spiro atoms. The van der Waals surface area contributed by atoms with Crippen LogP contribution in [-0.4, -0.2) is 14.7 Å². The first-order valence-corrected chi connectivity index (χ1v) is 4.99. The standard InChI is InChI=1S/C11H10N2O2/c14-8-4-1-3-7-10(8)12-9-5-2-6-13(9)11(7)15/h1,3-4,14H,2,5-6H2. The molecule has 1 N–H and O–H groups in total. The van der Waals surface area contributed by atoms with E-state index in [1.807, 2.05) is 0 Å². The number of benzene rings is 1. The number of aromatic nitrogens is 2. The summed E-state index contributed by atoms with van der Waals surface area (Å²) in [6.07, 6.45) is 1.78. The molecule has 0 atom stereocenters. The lowest BCUT2D eigenvalue weighted by molar-refractivity contribution is 0.480. The minimum atomic E-state index is -0.0385. The third-order valence-corrected chi connectivity index (χ3v) is 2.82. The Morgan fingerprint density at radius 3 is 3.13 bits per heavy atom. The molecule has 2 aromatic rings. The minimum Gasteiger partial charge on any atom is -0.506 e. The Labute approximate surface area is 85.8 Å². The van der Waals surface area contributed by atoms with Crippen molar-refractivity contribution >= 4 is 10.9 Å². The van der Waals surface area contributed by atoms with Crippen molar-refractivity contribution in [1.29, 1.82) is 0 Å². The van der Waals surface area contributed by atoms with E-state index in [4.69, 9.17) is 0 Å². The molecule has 0 bridgehead atoms. The van der Waals surface area contributed by atoms with Crippen LogP contribution in [0.15, 0.2) is 23.0 Å². The maximum Gasteiger partial charge on any atom is 0.261 e. The molecule has 0 saturated carbocycles. The van der Waals surface area contributed by atoms with Gasteiger partial charge in [0.25, 0.3) is 5.56 Å². The van der Waals surface area contributed by atoms with E-state index in [1.54, 1.807) is 22.8 Å². The van der Waals surface area contributed by atoms with E-state index in [-0.39, 0.29) is 11.3 Å². The highest BCUT2D eigenvalue weighted by molar-refractivity contribution is 5.83. The maximum atomic E-state index is 12.0. The van der Waals surface area contributed by atoms with Crippen molar-refractivity contribution in [2.45, 2.75) is 19.4 Å². The fourth-order valence-corrected chi connectivity index (χ4v) is 2.09. The number of aromatic hydroxyl groups is 1. The van der Waals surface area contributed by atoms with Crippen molar-refractivity contribution in [3.05, 3.63) is 34.4 Å². The van der Waals surface area contributed by atoms with Crippen molar-refractivity contribution in [3.8, 4) is 5.75 Å². The number of fused-ring (bicyclic) bond motifs is 2. The Kier molecular flexibility index (Phi) is 1.59. The molecule has 2 heterocycles. The first-order valence-electron chi connectivity index (χ1n) is 4.99. The highest BCUT2D eigenvalue weighted by Gasteiger charge is 2.16. The predicted molar refractivity (Wildman–Crippen MR) is 56.0 cm³/mol. The molecule has 1 aromatic heterocycles. The molecule has 1 aromatic carbocycles. The quantitative estimate of drug-likeness (QED) is 0.694. The van der Waals surface area contributed by atoms with E-state index in [0.717, 1.165) is 25.2 Å². The van der Waals surface area contributed by atoms with Gasteiger partial charge in [0.15, 0.2) is 0 Å². The van der Waals surface area contributed by atoms with Crippen LogP contribution in [0.4, 0.5) is 0 Å². The van der Waals surface area contributed by atoms with Gasteiger partial charge in [-0.2, -0.15) is 0 Å². The van der Waals surface area contributed by atoms with Crippen molar-refractivity contribution in [1.82, 2.24) is 9.55 Å². The van der Waals surface area contributed by atoms with Gasteiger partial charge in [-0.05, 0) is 18.6 Å². The van der Waals surface area contributed by atoms with E-state index in [9.17, 15) is 9.90 Å². The first kappa shape index (κ1) is 8.47. The second-order valence-corrected chi connectivity index (χ2v) is 3.76. The summed E-state index contributed by atoms with van der Waals surface area (Å²) in [6.45, 7) is 0.743. The second-order valence-electron chi connectivity index (χ2n) is 3.76. The number of hydrogen-bond acceptors (Lipinski definition) is 3. The molecule has 0 saturated heterocycles. The van der Waals surface area contributed by atoms with Gasteiger partial charge in [0, 0.05) is 13.0 Å². The fraction of sp³-hybridized carbons (Fsp3) is 0.273. The maximum absolute atomic E-state index is 12.0. The highest BCUT2D eigenvalue weighted by atomic mass is 16.3. The number of rotatable bonds is 0. The van der Waals surface area contributed by atoms with Crippen LogP contribution in [0.1, 0.15) is 12.2 Å². The second kappa shape index (κ2) is 2.82. The number of nitrogens with zero attached hydrogens (tertiary/aromatic N) is 2. The van der Waals surface area contributed by atoms with Crippen molar-refractivity contribution < 1.29 is 5.11 Å². The van der Waals surface area contributed by atoms with Gasteiger partial charge in [-0.3, -0.25) is 9.36 Å². The molecule has 0 fully saturated rings. The lowest BCUT2D eigenvalue weighted by atomic mass is 10.2. The topological polar surface area (TPSA) is 55.1 Å². The summed E-state index contributed by atoms with van der Waals surface area (Å²) in [7, 11) is 0. The Bertz CT molecular complexity index is 601. The number of hydrogen-bond donors (Lipinski definition) is 1. The van der Waals surface area contributed by atoms with Crippen LogP contribution in [-0.2, 0) is 13.0 Å². The fourth-order valence-electron chi connectivity index (χ4n) is 2.09. The molecule has 0 aliphatic carbocycles. The number of aryl methyl sites for hydroxylation is 1. The molecule has 76 valence electrons. The van der Waals surface area contributed by atoms with Gasteiger partial charge in [0.05, 0.1) is 5.39 Å². The molecule has 0 radical (unpaired) electrons. The van der Waals surface area contributed by atoms with Crippen LogP contribution < -0.4 is 5.56 Å². The third-order valence-electron chi connectivity index (χ3n) is 2.82. The summed E-state index contributed by atoms with van der Waals surface area (Å²) >= 11 is 0. The average molecular weight is 202 g/mol. The zero-order valence-corrected chi connectivity index (χ0v) is 8.10. The van der Waals surface area contributed by atoms with Gasteiger partial charge in [-0.15, -0.1) is 0 Å². The molecule has 4 heteroatoms. The van der Waals surface area contributed by atoms with Gasteiger partial charge < -0.3 is 5.11 Å². The monoisotopic (exact) mass is 202 g/mol. The SMILES string of the molecule is O=c1c2cccc(O)c2nc2n1CCC2. The molecule has 15 heavy (non-hydrogen) atoms. The summed E-state index contributed by atoms with van der Waals surface area (Å²) in [5.74, 6) is 0.869. The first-order chi connectivity index (χ1) is 7.27. The van der Waals surface area contributed by atoms with Gasteiger partial charge in [-0.25, -0.2) is 4.98 Å². The van der Waals surface area contributed by atoms with Crippen molar-refractivity contribution in [2.24, 2.45) is 0 Å². The van der Waals surface area contributed by atoms with Crippen LogP contribution in [0.25, 0.3) is 10.9 Å². The van der Waals surface area contributed by atoms with E-state index >= 15 is 0 Å². The molecule has 0 amide bonds. The molecule has 1 aliphatic heterocycles. The Hall–Kier alpha value is -1.84. The third kappa shape index (κ3) is 1.08. The van der Waals surface area contributed by atoms with E-state index in [2.05, 4.69) is 4.98 Å². The summed E-state index contributed by atoms with van der Waals surface area (Å²) in [4.78, 5) is 16.3.